The van der Waals surface area contributed by atoms with Gasteiger partial charge in [-0.1, -0.05) is 17.7 Å². The summed E-state index contributed by atoms with van der Waals surface area (Å²) in [5.74, 6) is 0.0503. The molecule has 0 aromatic carbocycles. The highest BCUT2D eigenvalue weighted by Crippen LogP contribution is 2.32. The standard InChI is InChI=1S/C22H24O6/c1-12(2)15-8-20-16(11-23)7-17(27-20)5-13(3)6-18-10-19(22(25)28-18)21(9-15)26-14(4)24/h5,7,10-11,15,18,21H,1,6,8-9H2,2-4H3/b13-5+/t15?,18-,21-/m1/s1. The summed E-state index contributed by atoms with van der Waals surface area (Å²) in [6.07, 6.45) is 4.44. The molecule has 0 radical (unpaired) electrons. The van der Waals surface area contributed by atoms with Crippen molar-refractivity contribution >= 4 is 24.3 Å². The number of aldehydes is 1. The van der Waals surface area contributed by atoms with Gasteiger partial charge in [0.05, 0.1) is 11.1 Å². The van der Waals surface area contributed by atoms with Crippen molar-refractivity contribution in [3.63, 3.8) is 0 Å². The Bertz CT molecular complexity index is 885. The van der Waals surface area contributed by atoms with Crippen LogP contribution in [0, 0.1) is 5.92 Å². The Labute approximate surface area is 163 Å². The zero-order chi connectivity index (χ0) is 20.4. The fourth-order valence-corrected chi connectivity index (χ4v) is 3.64. The number of esters is 2. The molecule has 3 rings (SSSR count). The first-order valence-corrected chi connectivity index (χ1v) is 9.27. The molecule has 2 aliphatic heterocycles. The molecule has 6 nitrogen and oxygen atoms in total. The summed E-state index contributed by atoms with van der Waals surface area (Å²) < 4.78 is 16.8. The highest BCUT2D eigenvalue weighted by atomic mass is 16.6. The maximum absolute atomic E-state index is 12.4. The highest BCUT2D eigenvalue weighted by Gasteiger charge is 2.35. The second-order valence-electron chi connectivity index (χ2n) is 7.49. The normalized spacial score (nSPS) is 26.5. The van der Waals surface area contributed by atoms with E-state index in [0.29, 0.717) is 41.9 Å². The fraction of sp³-hybridized carbons (Fsp3) is 0.409. The molecule has 0 amide bonds. The zero-order valence-corrected chi connectivity index (χ0v) is 16.3. The van der Waals surface area contributed by atoms with Crippen LogP contribution in [0.4, 0.5) is 0 Å². The van der Waals surface area contributed by atoms with Gasteiger partial charge >= 0.3 is 11.9 Å². The lowest BCUT2D eigenvalue weighted by Gasteiger charge is -2.23. The lowest BCUT2D eigenvalue weighted by Crippen LogP contribution is -2.26. The maximum Gasteiger partial charge on any atom is 0.338 e. The molecule has 2 aliphatic rings. The van der Waals surface area contributed by atoms with Crippen molar-refractivity contribution in [3.05, 3.63) is 52.5 Å². The summed E-state index contributed by atoms with van der Waals surface area (Å²) in [6, 6.07) is 1.71. The van der Waals surface area contributed by atoms with Crippen molar-refractivity contribution in [2.24, 2.45) is 5.92 Å². The van der Waals surface area contributed by atoms with Gasteiger partial charge in [-0.05, 0) is 44.4 Å². The van der Waals surface area contributed by atoms with Gasteiger partial charge < -0.3 is 13.9 Å². The summed E-state index contributed by atoms with van der Waals surface area (Å²) in [6.45, 7) is 9.12. The molecule has 0 saturated heterocycles. The maximum atomic E-state index is 12.4. The van der Waals surface area contributed by atoms with Crippen LogP contribution in [-0.2, 0) is 25.5 Å². The number of ether oxygens (including phenoxy) is 2. The Morgan fingerprint density at radius 2 is 2.07 bits per heavy atom. The number of carbonyl (C=O) groups excluding carboxylic acids is 3. The lowest BCUT2D eigenvalue weighted by molar-refractivity contribution is -0.147. The summed E-state index contributed by atoms with van der Waals surface area (Å²) in [4.78, 5) is 35.6. The monoisotopic (exact) mass is 384 g/mol. The van der Waals surface area contributed by atoms with E-state index in [4.69, 9.17) is 13.9 Å². The van der Waals surface area contributed by atoms with Gasteiger partial charge in [-0.2, -0.15) is 0 Å². The summed E-state index contributed by atoms with van der Waals surface area (Å²) in [5, 5.41) is 0. The molecule has 4 bridgehead atoms. The average molecular weight is 384 g/mol. The average Bonchev–Trinajstić information content (AvgIpc) is 3.15. The smallest absolute Gasteiger partial charge is 0.338 e. The molecule has 0 saturated carbocycles. The van der Waals surface area contributed by atoms with Crippen LogP contribution in [0.15, 0.2) is 39.9 Å². The summed E-state index contributed by atoms with van der Waals surface area (Å²) in [7, 11) is 0. The van der Waals surface area contributed by atoms with Crippen LogP contribution >= 0.6 is 0 Å². The predicted octanol–water partition coefficient (Wildman–Crippen LogP) is 3.81. The second-order valence-corrected chi connectivity index (χ2v) is 7.49. The first-order valence-electron chi connectivity index (χ1n) is 9.27. The van der Waals surface area contributed by atoms with Gasteiger partial charge in [-0.25, -0.2) is 4.79 Å². The van der Waals surface area contributed by atoms with Gasteiger partial charge in [0.15, 0.2) is 6.29 Å². The second kappa shape index (κ2) is 8.00. The van der Waals surface area contributed by atoms with Gasteiger partial charge in [0, 0.05) is 19.8 Å². The minimum absolute atomic E-state index is 0.152. The Kier molecular flexibility index (Phi) is 5.68. The zero-order valence-electron chi connectivity index (χ0n) is 16.3. The molecular formula is C22H24O6. The molecule has 1 aromatic rings. The van der Waals surface area contributed by atoms with Gasteiger partial charge in [0.25, 0.3) is 0 Å². The predicted molar refractivity (Wildman–Crippen MR) is 103 cm³/mol. The van der Waals surface area contributed by atoms with E-state index in [2.05, 4.69) is 6.58 Å². The van der Waals surface area contributed by atoms with E-state index in [9.17, 15) is 14.4 Å². The van der Waals surface area contributed by atoms with E-state index in [1.54, 1.807) is 12.1 Å². The largest absolute Gasteiger partial charge is 0.461 e. The van der Waals surface area contributed by atoms with Crippen molar-refractivity contribution in [2.45, 2.75) is 52.2 Å². The minimum Gasteiger partial charge on any atom is -0.461 e. The van der Waals surface area contributed by atoms with Gasteiger partial charge in [0.1, 0.15) is 23.7 Å². The van der Waals surface area contributed by atoms with E-state index < -0.39 is 24.1 Å². The van der Waals surface area contributed by atoms with Crippen LogP contribution in [0.3, 0.4) is 0 Å². The van der Waals surface area contributed by atoms with E-state index >= 15 is 0 Å². The highest BCUT2D eigenvalue weighted by molar-refractivity contribution is 5.92. The summed E-state index contributed by atoms with van der Waals surface area (Å²) >= 11 is 0. The minimum atomic E-state index is -0.740. The molecule has 1 aromatic heterocycles. The molecule has 3 atom stereocenters. The fourth-order valence-electron chi connectivity index (χ4n) is 3.64. The van der Waals surface area contributed by atoms with Crippen molar-refractivity contribution in [3.8, 4) is 0 Å². The molecule has 1 unspecified atom stereocenters. The molecule has 0 fully saturated rings. The SMILES string of the molecule is C=C(C)C1Cc2oc(cc2C=O)/C=C(\C)C[C@@H]2C=C(C(=O)O2)[C@H](OC(C)=O)C1. The van der Waals surface area contributed by atoms with Crippen LogP contribution in [0.1, 0.15) is 55.5 Å². The lowest BCUT2D eigenvalue weighted by atomic mass is 9.87. The molecule has 0 spiro atoms. The molecular weight excluding hydrogens is 360 g/mol. The molecule has 3 heterocycles. The van der Waals surface area contributed by atoms with Crippen molar-refractivity contribution in [1.29, 1.82) is 0 Å². The van der Waals surface area contributed by atoms with Crippen molar-refractivity contribution in [1.82, 2.24) is 0 Å². The van der Waals surface area contributed by atoms with Crippen LogP contribution in [-0.4, -0.2) is 30.4 Å². The topological polar surface area (TPSA) is 82.8 Å². The van der Waals surface area contributed by atoms with Crippen LogP contribution in [0.5, 0.6) is 0 Å². The first kappa shape index (κ1) is 19.9. The van der Waals surface area contributed by atoms with Gasteiger partial charge in [-0.3, -0.25) is 9.59 Å². The molecule has 0 aliphatic carbocycles. The number of fused-ring (bicyclic) bond motifs is 3. The van der Waals surface area contributed by atoms with Crippen LogP contribution < -0.4 is 0 Å². The molecule has 148 valence electrons. The number of rotatable bonds is 3. The van der Waals surface area contributed by atoms with Crippen LogP contribution in [0.25, 0.3) is 6.08 Å². The van der Waals surface area contributed by atoms with Gasteiger partial charge in [0.2, 0.25) is 0 Å². The molecule has 6 heteroatoms. The molecule has 28 heavy (non-hydrogen) atoms. The number of carbonyl (C=O) groups is 3. The quantitative estimate of drug-likeness (QED) is 0.448. The Morgan fingerprint density at radius 1 is 1.32 bits per heavy atom. The third-order valence-corrected chi connectivity index (χ3v) is 5.04. The third kappa shape index (κ3) is 4.32. The summed E-state index contributed by atoms with van der Waals surface area (Å²) in [5.41, 5.74) is 2.62. The van der Waals surface area contributed by atoms with Gasteiger partial charge in [-0.15, -0.1) is 0 Å². The van der Waals surface area contributed by atoms with Crippen molar-refractivity contribution in [2.75, 3.05) is 0 Å². The van der Waals surface area contributed by atoms with Crippen molar-refractivity contribution < 1.29 is 28.3 Å². The van der Waals surface area contributed by atoms with E-state index in [1.165, 1.54) is 6.92 Å². The number of hydrogen-bond donors (Lipinski definition) is 0. The number of allylic oxidation sites excluding steroid dienone is 1. The number of furan rings is 1. The Morgan fingerprint density at radius 3 is 2.71 bits per heavy atom. The van der Waals surface area contributed by atoms with E-state index in [0.717, 1.165) is 17.4 Å². The Hall–Kier alpha value is -2.89. The number of hydrogen-bond acceptors (Lipinski definition) is 6. The Balaban J connectivity index is 2.07. The first-order chi connectivity index (χ1) is 13.3. The van der Waals surface area contributed by atoms with Crippen LogP contribution in [0.2, 0.25) is 0 Å². The van der Waals surface area contributed by atoms with E-state index in [1.807, 2.05) is 19.9 Å². The third-order valence-electron chi connectivity index (χ3n) is 5.04. The molecule has 0 N–H and O–H groups in total. The van der Waals surface area contributed by atoms with E-state index in [-0.39, 0.29) is 5.92 Å².